The Balaban J connectivity index is 2.37. The van der Waals surface area contributed by atoms with Crippen molar-refractivity contribution in [2.24, 2.45) is 0 Å². The summed E-state index contributed by atoms with van der Waals surface area (Å²) in [5.74, 6) is 0.575. The van der Waals surface area contributed by atoms with Gasteiger partial charge in [0.15, 0.2) is 0 Å². The summed E-state index contributed by atoms with van der Waals surface area (Å²) in [5, 5.41) is 9.17. The molecule has 0 saturated heterocycles. The summed E-state index contributed by atoms with van der Waals surface area (Å²) < 4.78 is 0. The van der Waals surface area contributed by atoms with E-state index in [1.807, 2.05) is 0 Å². The van der Waals surface area contributed by atoms with E-state index in [4.69, 9.17) is 0 Å². The van der Waals surface area contributed by atoms with Gasteiger partial charge in [0.2, 0.25) is 0 Å². The molecule has 1 heteroatoms. The Morgan fingerprint density at radius 1 is 1.29 bits per heavy atom. The number of hydrogen-bond acceptors (Lipinski definition) is 1. The molecule has 1 nitrogen and oxygen atoms in total. The zero-order chi connectivity index (χ0) is 12.5. The molecule has 0 radical (unpaired) electrons. The molecule has 0 aromatic heterocycles. The molecule has 0 bridgehead atoms. The van der Waals surface area contributed by atoms with Crippen molar-refractivity contribution in [3.63, 3.8) is 0 Å². The van der Waals surface area contributed by atoms with Crippen molar-refractivity contribution in [2.45, 2.75) is 57.8 Å². The van der Waals surface area contributed by atoms with Crippen molar-refractivity contribution in [1.29, 1.82) is 0 Å². The number of aryl methyl sites for hydroxylation is 1. The molecule has 0 saturated carbocycles. The number of benzene rings is 1. The lowest BCUT2D eigenvalue weighted by atomic mass is 9.77. The quantitative estimate of drug-likeness (QED) is 0.822. The highest BCUT2D eigenvalue weighted by Crippen LogP contribution is 2.36. The molecule has 0 amide bonds. The van der Waals surface area contributed by atoms with Crippen LogP contribution < -0.4 is 0 Å². The van der Waals surface area contributed by atoms with Crippen LogP contribution in [-0.4, -0.2) is 11.7 Å². The van der Waals surface area contributed by atoms with E-state index < -0.39 is 0 Å². The monoisotopic (exact) mass is 232 g/mol. The van der Waals surface area contributed by atoms with Gasteiger partial charge in [0.25, 0.3) is 0 Å². The first-order chi connectivity index (χ1) is 8.02. The Morgan fingerprint density at radius 3 is 2.71 bits per heavy atom. The number of aliphatic hydroxyl groups is 1. The molecule has 0 spiro atoms. The van der Waals surface area contributed by atoms with E-state index in [0.29, 0.717) is 12.5 Å². The molecule has 0 fully saturated rings. The number of aliphatic hydroxyl groups excluding tert-OH is 1. The molecule has 2 rings (SSSR count). The molecular formula is C16H24O. The van der Waals surface area contributed by atoms with Crippen molar-refractivity contribution < 1.29 is 5.11 Å². The molecule has 0 heterocycles. The van der Waals surface area contributed by atoms with E-state index >= 15 is 0 Å². The third-order valence-electron chi connectivity index (χ3n) is 3.93. The number of fused-ring (bicyclic) bond motifs is 1. The Labute approximate surface area is 105 Å². The maximum atomic E-state index is 9.17. The number of hydrogen-bond donors (Lipinski definition) is 1. The highest BCUT2D eigenvalue weighted by molar-refractivity contribution is 5.39. The van der Waals surface area contributed by atoms with Crippen LogP contribution in [0, 0.1) is 0 Å². The molecule has 17 heavy (non-hydrogen) atoms. The Hall–Kier alpha value is -0.820. The molecule has 1 aliphatic carbocycles. The Morgan fingerprint density at radius 2 is 2.06 bits per heavy atom. The molecule has 1 unspecified atom stereocenters. The van der Waals surface area contributed by atoms with Gasteiger partial charge in [-0.05, 0) is 53.7 Å². The predicted octanol–water partition coefficient (Wildman–Crippen LogP) is 3.79. The first kappa shape index (κ1) is 12.6. The van der Waals surface area contributed by atoms with E-state index in [2.05, 4.69) is 39.0 Å². The molecule has 1 aromatic carbocycles. The normalized spacial score (nSPS) is 20.1. The Bertz CT molecular complexity index is 387. The van der Waals surface area contributed by atoms with Crippen LogP contribution in [0.1, 0.15) is 62.6 Å². The maximum absolute atomic E-state index is 9.17. The van der Waals surface area contributed by atoms with Crippen LogP contribution in [0.3, 0.4) is 0 Å². The lowest BCUT2D eigenvalue weighted by Crippen LogP contribution is -2.16. The highest BCUT2D eigenvalue weighted by atomic mass is 16.3. The average molecular weight is 232 g/mol. The molecule has 94 valence electrons. The van der Waals surface area contributed by atoms with Gasteiger partial charge in [-0.15, -0.1) is 0 Å². The third-order valence-corrected chi connectivity index (χ3v) is 3.93. The largest absolute Gasteiger partial charge is 0.396 e. The van der Waals surface area contributed by atoms with Crippen LogP contribution in [-0.2, 0) is 11.8 Å². The summed E-state index contributed by atoms with van der Waals surface area (Å²) in [6, 6.07) is 6.97. The fourth-order valence-corrected chi connectivity index (χ4v) is 2.82. The van der Waals surface area contributed by atoms with Crippen LogP contribution in [0.15, 0.2) is 18.2 Å². The van der Waals surface area contributed by atoms with Gasteiger partial charge in [-0.3, -0.25) is 0 Å². The van der Waals surface area contributed by atoms with Crippen molar-refractivity contribution >= 4 is 0 Å². The lowest BCUT2D eigenvalue weighted by Gasteiger charge is -2.28. The third kappa shape index (κ3) is 2.71. The second-order valence-electron chi connectivity index (χ2n) is 6.27. The SMILES string of the molecule is CC(C)(C)c1ccc2c(c1)C(CCO)CCC2. The molecule has 1 N–H and O–H groups in total. The van der Waals surface area contributed by atoms with Crippen molar-refractivity contribution in [3.8, 4) is 0 Å². The smallest absolute Gasteiger partial charge is 0.0436 e. The first-order valence-corrected chi connectivity index (χ1v) is 6.76. The predicted molar refractivity (Wildman–Crippen MR) is 72.5 cm³/mol. The zero-order valence-corrected chi connectivity index (χ0v) is 11.3. The van der Waals surface area contributed by atoms with Crippen LogP contribution in [0.2, 0.25) is 0 Å². The fraction of sp³-hybridized carbons (Fsp3) is 0.625. The van der Waals surface area contributed by atoms with Crippen molar-refractivity contribution in [1.82, 2.24) is 0 Å². The standard InChI is InChI=1S/C16H24O/c1-16(2,3)14-8-7-12-5-4-6-13(9-10-17)15(12)11-14/h7-8,11,13,17H,4-6,9-10H2,1-3H3. The highest BCUT2D eigenvalue weighted by Gasteiger charge is 2.22. The minimum atomic E-state index is 0.218. The van der Waals surface area contributed by atoms with Gasteiger partial charge in [-0.2, -0.15) is 0 Å². The van der Waals surface area contributed by atoms with Gasteiger partial charge in [-0.25, -0.2) is 0 Å². The van der Waals surface area contributed by atoms with Crippen LogP contribution in [0.5, 0.6) is 0 Å². The van der Waals surface area contributed by atoms with Crippen LogP contribution >= 0.6 is 0 Å². The van der Waals surface area contributed by atoms with Crippen LogP contribution in [0.25, 0.3) is 0 Å². The van der Waals surface area contributed by atoms with E-state index in [9.17, 15) is 5.11 Å². The summed E-state index contributed by atoms with van der Waals surface area (Å²) in [5.41, 5.74) is 4.64. The van der Waals surface area contributed by atoms with Gasteiger partial charge in [-0.1, -0.05) is 39.0 Å². The average Bonchev–Trinajstić information content (AvgIpc) is 2.28. The second-order valence-corrected chi connectivity index (χ2v) is 6.27. The van der Waals surface area contributed by atoms with Gasteiger partial charge < -0.3 is 5.11 Å². The lowest BCUT2D eigenvalue weighted by molar-refractivity contribution is 0.269. The number of rotatable bonds is 2. The van der Waals surface area contributed by atoms with Gasteiger partial charge in [0.1, 0.15) is 0 Å². The Kier molecular flexibility index (Phi) is 3.58. The first-order valence-electron chi connectivity index (χ1n) is 6.76. The van der Waals surface area contributed by atoms with Gasteiger partial charge in [0, 0.05) is 6.61 Å². The summed E-state index contributed by atoms with van der Waals surface area (Å²) in [6.45, 7) is 7.10. The van der Waals surface area contributed by atoms with Gasteiger partial charge in [0.05, 0.1) is 0 Å². The fourth-order valence-electron chi connectivity index (χ4n) is 2.82. The summed E-state index contributed by atoms with van der Waals surface area (Å²) in [6.07, 6.45) is 4.63. The van der Waals surface area contributed by atoms with Gasteiger partial charge >= 0.3 is 0 Å². The molecule has 0 aliphatic heterocycles. The van der Waals surface area contributed by atoms with Crippen molar-refractivity contribution in [2.75, 3.05) is 6.61 Å². The van der Waals surface area contributed by atoms with E-state index in [1.165, 1.54) is 36.0 Å². The van der Waals surface area contributed by atoms with Crippen molar-refractivity contribution in [3.05, 3.63) is 34.9 Å². The minimum Gasteiger partial charge on any atom is -0.396 e. The topological polar surface area (TPSA) is 20.2 Å². The summed E-state index contributed by atoms with van der Waals surface area (Å²) in [7, 11) is 0. The molecule has 1 aromatic rings. The second kappa shape index (κ2) is 4.81. The van der Waals surface area contributed by atoms with Crippen LogP contribution in [0.4, 0.5) is 0 Å². The maximum Gasteiger partial charge on any atom is 0.0436 e. The molecule has 1 atom stereocenters. The zero-order valence-electron chi connectivity index (χ0n) is 11.3. The van der Waals surface area contributed by atoms with E-state index in [0.717, 1.165) is 6.42 Å². The summed E-state index contributed by atoms with van der Waals surface area (Å²) in [4.78, 5) is 0. The minimum absolute atomic E-state index is 0.218. The molecule has 1 aliphatic rings. The summed E-state index contributed by atoms with van der Waals surface area (Å²) >= 11 is 0. The van der Waals surface area contributed by atoms with E-state index in [1.54, 1.807) is 0 Å². The molecular weight excluding hydrogens is 208 g/mol. The van der Waals surface area contributed by atoms with E-state index in [-0.39, 0.29) is 5.41 Å².